The van der Waals surface area contributed by atoms with Crippen molar-refractivity contribution in [3.05, 3.63) is 65.1 Å². The van der Waals surface area contributed by atoms with Crippen molar-refractivity contribution < 1.29 is 9.21 Å². The summed E-state index contributed by atoms with van der Waals surface area (Å²) in [5, 5.41) is 12.2. The number of furan rings is 1. The van der Waals surface area contributed by atoms with Crippen LogP contribution in [0.15, 0.2) is 53.1 Å². The van der Waals surface area contributed by atoms with Gasteiger partial charge in [-0.15, -0.1) is 10.2 Å². The van der Waals surface area contributed by atoms with Crippen molar-refractivity contribution >= 4 is 22.4 Å². The molecule has 1 amide bonds. The molecule has 3 aromatic rings. The first-order valence-corrected chi connectivity index (χ1v) is 7.76. The Labute approximate surface area is 132 Å². The summed E-state index contributed by atoms with van der Waals surface area (Å²) in [4.78, 5) is 11.9. The highest BCUT2D eigenvalue weighted by Gasteiger charge is 2.14. The Balaban J connectivity index is 1.63. The minimum Gasteiger partial charge on any atom is -0.459 e. The fourth-order valence-corrected chi connectivity index (χ4v) is 2.98. The second kappa shape index (κ2) is 6.53. The molecule has 0 saturated heterocycles. The van der Waals surface area contributed by atoms with Crippen LogP contribution in [0.3, 0.4) is 0 Å². The molecule has 22 heavy (non-hydrogen) atoms. The minimum atomic E-state index is -0.316. The topological polar surface area (TPSA) is 68.0 Å². The number of aromatic nitrogens is 2. The third kappa shape index (κ3) is 3.40. The van der Waals surface area contributed by atoms with Gasteiger partial charge in [-0.25, -0.2) is 0 Å². The van der Waals surface area contributed by atoms with E-state index in [2.05, 4.69) is 34.6 Å². The van der Waals surface area contributed by atoms with Gasteiger partial charge in [0.05, 0.1) is 6.26 Å². The summed E-state index contributed by atoms with van der Waals surface area (Å²) in [5.41, 5.74) is 1.26. The summed E-state index contributed by atoms with van der Waals surface area (Å²) < 4.78 is 5.04. The molecule has 0 radical (unpaired) electrons. The average Bonchev–Trinajstić information content (AvgIpc) is 3.20. The normalized spacial score (nSPS) is 12.0. The zero-order valence-electron chi connectivity index (χ0n) is 12.0. The van der Waals surface area contributed by atoms with Crippen molar-refractivity contribution in [3.63, 3.8) is 0 Å². The van der Waals surface area contributed by atoms with Gasteiger partial charge in [0.2, 0.25) is 5.13 Å². The third-order valence-electron chi connectivity index (χ3n) is 3.28. The number of anilines is 1. The summed E-state index contributed by atoms with van der Waals surface area (Å²) in [5.74, 6) is 0.293. The van der Waals surface area contributed by atoms with Crippen LogP contribution in [0.25, 0.3) is 0 Å². The number of nitrogens with one attached hydrogen (secondary N) is 1. The van der Waals surface area contributed by atoms with Crippen LogP contribution in [0.1, 0.15) is 34.0 Å². The van der Waals surface area contributed by atoms with Crippen molar-refractivity contribution in [2.75, 3.05) is 5.32 Å². The van der Waals surface area contributed by atoms with Gasteiger partial charge >= 0.3 is 0 Å². The number of hydrogen-bond donors (Lipinski definition) is 1. The molecule has 112 valence electrons. The summed E-state index contributed by atoms with van der Waals surface area (Å²) in [6.45, 7) is 2.15. The van der Waals surface area contributed by atoms with Gasteiger partial charge < -0.3 is 4.42 Å². The molecular formula is C16H15N3O2S. The van der Waals surface area contributed by atoms with E-state index in [0.29, 0.717) is 11.0 Å². The largest absolute Gasteiger partial charge is 0.459 e. The zero-order chi connectivity index (χ0) is 15.4. The Bertz CT molecular complexity index is 738. The number of nitrogens with zero attached hydrogens (tertiary/aromatic N) is 2. The summed E-state index contributed by atoms with van der Waals surface area (Å²) in [7, 11) is 0. The molecule has 0 bridgehead atoms. The van der Waals surface area contributed by atoms with Crippen molar-refractivity contribution in [2.24, 2.45) is 0 Å². The van der Waals surface area contributed by atoms with Crippen LogP contribution >= 0.6 is 11.3 Å². The van der Waals surface area contributed by atoms with Crippen LogP contribution in [-0.2, 0) is 6.42 Å². The van der Waals surface area contributed by atoms with E-state index in [9.17, 15) is 4.79 Å². The third-order valence-corrected chi connectivity index (χ3v) is 4.14. The summed E-state index contributed by atoms with van der Waals surface area (Å²) >= 11 is 1.39. The highest BCUT2D eigenvalue weighted by atomic mass is 32.1. The van der Waals surface area contributed by atoms with Gasteiger partial charge in [0.25, 0.3) is 5.91 Å². The average molecular weight is 313 g/mol. The molecule has 1 aromatic carbocycles. The van der Waals surface area contributed by atoms with E-state index in [1.165, 1.54) is 23.2 Å². The molecule has 1 N–H and O–H groups in total. The molecule has 0 aliphatic carbocycles. The zero-order valence-corrected chi connectivity index (χ0v) is 12.8. The molecule has 0 fully saturated rings. The molecule has 2 aromatic heterocycles. The molecule has 6 heteroatoms. The van der Waals surface area contributed by atoms with Crippen molar-refractivity contribution in [1.82, 2.24) is 10.2 Å². The molecule has 5 nitrogen and oxygen atoms in total. The maximum absolute atomic E-state index is 11.9. The Morgan fingerprint density at radius 1 is 1.23 bits per heavy atom. The summed E-state index contributed by atoms with van der Waals surface area (Å²) in [6.07, 6.45) is 2.25. The maximum Gasteiger partial charge on any atom is 0.293 e. The van der Waals surface area contributed by atoms with E-state index in [0.717, 1.165) is 11.4 Å². The van der Waals surface area contributed by atoms with Crippen LogP contribution in [0.4, 0.5) is 5.13 Å². The number of carbonyl (C=O) groups excluding carboxylic acids is 1. The minimum absolute atomic E-state index is 0.259. The predicted molar refractivity (Wildman–Crippen MR) is 85.1 cm³/mol. The quantitative estimate of drug-likeness (QED) is 0.779. The van der Waals surface area contributed by atoms with Gasteiger partial charge in [0, 0.05) is 6.42 Å². The van der Waals surface area contributed by atoms with E-state index in [-0.39, 0.29) is 11.7 Å². The SMILES string of the molecule is CC(Cc1nnc(NC(=O)c2ccco2)s1)c1ccccc1. The molecule has 0 spiro atoms. The Morgan fingerprint density at radius 2 is 2.05 bits per heavy atom. The first kappa shape index (κ1) is 14.5. The molecule has 1 atom stereocenters. The van der Waals surface area contributed by atoms with Gasteiger partial charge in [-0.3, -0.25) is 10.1 Å². The first-order chi connectivity index (χ1) is 10.7. The van der Waals surface area contributed by atoms with Gasteiger partial charge in [0.1, 0.15) is 5.01 Å². The molecule has 1 unspecified atom stereocenters. The van der Waals surface area contributed by atoms with Crippen LogP contribution < -0.4 is 5.32 Å². The lowest BCUT2D eigenvalue weighted by atomic mass is 9.98. The number of benzene rings is 1. The molecule has 0 saturated carbocycles. The van der Waals surface area contributed by atoms with Gasteiger partial charge in [-0.2, -0.15) is 0 Å². The van der Waals surface area contributed by atoms with Crippen LogP contribution in [0.2, 0.25) is 0 Å². The Kier molecular flexibility index (Phi) is 4.29. The lowest BCUT2D eigenvalue weighted by Crippen LogP contribution is -2.10. The number of hydrogen-bond acceptors (Lipinski definition) is 5. The second-order valence-corrected chi connectivity index (χ2v) is 6.01. The van der Waals surface area contributed by atoms with Crippen LogP contribution in [0.5, 0.6) is 0 Å². The first-order valence-electron chi connectivity index (χ1n) is 6.94. The smallest absolute Gasteiger partial charge is 0.293 e. The lowest BCUT2D eigenvalue weighted by molar-refractivity contribution is 0.0996. The van der Waals surface area contributed by atoms with Crippen molar-refractivity contribution in [1.29, 1.82) is 0 Å². The lowest BCUT2D eigenvalue weighted by Gasteiger charge is -2.08. The monoisotopic (exact) mass is 313 g/mol. The number of carbonyl (C=O) groups is 1. The predicted octanol–water partition coefficient (Wildman–Crippen LogP) is 3.73. The van der Waals surface area contributed by atoms with Gasteiger partial charge in [0.15, 0.2) is 5.76 Å². The van der Waals surface area contributed by atoms with Gasteiger partial charge in [-0.1, -0.05) is 48.6 Å². The van der Waals surface area contributed by atoms with Crippen molar-refractivity contribution in [2.45, 2.75) is 19.3 Å². The molecule has 0 aliphatic heterocycles. The van der Waals surface area contributed by atoms with Gasteiger partial charge in [-0.05, 0) is 23.6 Å². The van der Waals surface area contributed by atoms with E-state index in [1.54, 1.807) is 12.1 Å². The maximum atomic E-state index is 11.9. The van der Waals surface area contributed by atoms with Crippen LogP contribution in [0, 0.1) is 0 Å². The molecular weight excluding hydrogens is 298 g/mol. The molecule has 3 rings (SSSR count). The van der Waals surface area contributed by atoms with Crippen LogP contribution in [-0.4, -0.2) is 16.1 Å². The summed E-state index contributed by atoms with van der Waals surface area (Å²) in [6, 6.07) is 13.5. The van der Waals surface area contributed by atoms with E-state index < -0.39 is 0 Å². The fourth-order valence-electron chi connectivity index (χ4n) is 2.11. The molecule has 2 heterocycles. The van der Waals surface area contributed by atoms with E-state index in [1.807, 2.05) is 18.2 Å². The molecule has 0 aliphatic rings. The van der Waals surface area contributed by atoms with E-state index >= 15 is 0 Å². The highest BCUT2D eigenvalue weighted by molar-refractivity contribution is 7.15. The second-order valence-electron chi connectivity index (χ2n) is 4.95. The Morgan fingerprint density at radius 3 is 2.77 bits per heavy atom. The highest BCUT2D eigenvalue weighted by Crippen LogP contribution is 2.24. The van der Waals surface area contributed by atoms with E-state index in [4.69, 9.17) is 4.42 Å². The Hall–Kier alpha value is -2.47. The standard InChI is InChI=1S/C16H15N3O2S/c1-11(12-6-3-2-4-7-12)10-14-18-19-16(22-14)17-15(20)13-8-5-9-21-13/h2-9,11H,10H2,1H3,(H,17,19,20). The number of amides is 1. The number of rotatable bonds is 5. The van der Waals surface area contributed by atoms with Crippen molar-refractivity contribution in [3.8, 4) is 0 Å². The fraction of sp³-hybridized carbons (Fsp3) is 0.188.